The van der Waals surface area contributed by atoms with Crippen LogP contribution in [-0.2, 0) is 20.7 Å². The summed E-state index contributed by atoms with van der Waals surface area (Å²) in [6.07, 6.45) is -0.730. The Hall–Kier alpha value is -3.49. The molecule has 0 radical (unpaired) electrons. The van der Waals surface area contributed by atoms with Crippen molar-refractivity contribution < 1.29 is 32.2 Å². The summed E-state index contributed by atoms with van der Waals surface area (Å²) in [6.45, 7) is 0.149. The van der Waals surface area contributed by atoms with Crippen molar-refractivity contribution in [1.29, 1.82) is 0 Å². The number of rotatable bonds is 7. The molecular weight excluding hydrogens is 449 g/mol. The van der Waals surface area contributed by atoms with Gasteiger partial charge in [-0.25, -0.2) is 4.79 Å². The summed E-state index contributed by atoms with van der Waals surface area (Å²) in [7, 11) is 0. The van der Waals surface area contributed by atoms with Gasteiger partial charge in [-0.05, 0) is 73.2 Å². The van der Waals surface area contributed by atoms with Crippen LogP contribution in [0.15, 0.2) is 48.5 Å². The van der Waals surface area contributed by atoms with Crippen LogP contribution in [0.4, 0.5) is 24.5 Å². The summed E-state index contributed by atoms with van der Waals surface area (Å²) in [5.74, 6) is -2.62. The molecule has 0 saturated heterocycles. The molecule has 0 amide bonds. The molecule has 0 heterocycles. The molecule has 1 saturated carbocycles. The second-order valence-corrected chi connectivity index (χ2v) is 8.29. The van der Waals surface area contributed by atoms with Crippen LogP contribution in [0, 0.1) is 11.8 Å². The zero-order valence-electron chi connectivity index (χ0n) is 18.5. The first kappa shape index (κ1) is 25.1. The molecule has 3 rings (SSSR count). The molecule has 34 heavy (non-hydrogen) atoms. The third-order valence-electron chi connectivity index (χ3n) is 5.82. The summed E-state index contributed by atoms with van der Waals surface area (Å²) >= 11 is 0. The predicted octanol–water partition coefficient (Wildman–Crippen LogP) is 4.92. The number of nitrogen functional groups attached to an aromatic ring is 2. The Morgan fingerprint density at radius 3 is 2.32 bits per heavy atom. The average Bonchev–Trinajstić information content (AvgIpc) is 2.80. The molecule has 1 fully saturated rings. The molecule has 6 nitrogen and oxygen atoms in total. The number of esters is 2. The summed E-state index contributed by atoms with van der Waals surface area (Å²) in [5.41, 5.74) is 14.2. The van der Waals surface area contributed by atoms with Crippen molar-refractivity contribution in [3.8, 4) is 5.75 Å². The smallest absolute Gasteiger partial charge is 0.391 e. The lowest BCUT2D eigenvalue weighted by atomic mass is 9.82. The third-order valence-corrected chi connectivity index (χ3v) is 5.82. The number of benzene rings is 2. The van der Waals surface area contributed by atoms with Crippen molar-refractivity contribution in [1.82, 2.24) is 0 Å². The van der Waals surface area contributed by atoms with E-state index in [9.17, 15) is 22.8 Å². The van der Waals surface area contributed by atoms with E-state index in [1.807, 2.05) is 0 Å². The van der Waals surface area contributed by atoms with E-state index in [1.165, 1.54) is 6.08 Å². The number of alkyl halides is 3. The summed E-state index contributed by atoms with van der Waals surface area (Å²) < 4.78 is 48.8. The van der Waals surface area contributed by atoms with E-state index in [0.717, 1.165) is 5.56 Å². The summed E-state index contributed by atoms with van der Waals surface area (Å²) in [4.78, 5) is 24.2. The maximum absolute atomic E-state index is 12.8. The molecule has 0 atom stereocenters. The van der Waals surface area contributed by atoms with Crippen molar-refractivity contribution >= 4 is 29.4 Å². The molecule has 0 unspecified atom stereocenters. The zero-order valence-corrected chi connectivity index (χ0v) is 18.5. The standard InChI is InChI=1S/C25H27F3N2O4/c26-25(27,28)19-6-4-17(5-7-19)24(32)34-21-9-1-16(2-10-21)3-12-23(31)33-14-13-18-15-20(29)8-11-22(18)30/h1-3,8-12,15,17,19H,4-7,13-14,29-30H2. The van der Waals surface area contributed by atoms with Gasteiger partial charge in [0, 0.05) is 23.9 Å². The molecule has 2 aromatic rings. The molecule has 182 valence electrons. The number of ether oxygens (including phenoxy) is 2. The number of carbonyl (C=O) groups is 2. The highest BCUT2D eigenvalue weighted by molar-refractivity contribution is 5.87. The van der Waals surface area contributed by atoms with Crippen molar-refractivity contribution in [2.24, 2.45) is 11.8 Å². The van der Waals surface area contributed by atoms with Gasteiger partial charge in [-0.2, -0.15) is 13.2 Å². The Balaban J connectivity index is 1.43. The van der Waals surface area contributed by atoms with E-state index in [4.69, 9.17) is 20.9 Å². The molecule has 9 heteroatoms. The normalized spacial score (nSPS) is 18.6. The second kappa shape index (κ2) is 11.1. The molecule has 0 aromatic heterocycles. The van der Waals surface area contributed by atoms with Crippen LogP contribution in [0.3, 0.4) is 0 Å². The van der Waals surface area contributed by atoms with Gasteiger partial charge in [0.2, 0.25) is 0 Å². The van der Waals surface area contributed by atoms with E-state index in [1.54, 1.807) is 48.5 Å². The number of nitrogens with two attached hydrogens (primary N) is 2. The average molecular weight is 476 g/mol. The van der Waals surface area contributed by atoms with Gasteiger partial charge in [-0.1, -0.05) is 12.1 Å². The molecule has 0 bridgehead atoms. The predicted molar refractivity (Wildman–Crippen MR) is 123 cm³/mol. The molecule has 4 N–H and O–H groups in total. The Morgan fingerprint density at radius 2 is 1.68 bits per heavy atom. The number of hydrogen-bond acceptors (Lipinski definition) is 6. The maximum atomic E-state index is 12.8. The number of anilines is 2. The largest absolute Gasteiger partial charge is 0.462 e. The van der Waals surface area contributed by atoms with Crippen LogP contribution in [0.1, 0.15) is 36.8 Å². The van der Waals surface area contributed by atoms with Gasteiger partial charge in [-0.3, -0.25) is 4.79 Å². The zero-order chi connectivity index (χ0) is 24.7. The molecular formula is C25H27F3N2O4. The van der Waals surface area contributed by atoms with Crippen LogP contribution in [0.25, 0.3) is 6.08 Å². The lowest BCUT2D eigenvalue weighted by molar-refractivity contribution is -0.185. The van der Waals surface area contributed by atoms with Crippen molar-refractivity contribution in [3.63, 3.8) is 0 Å². The molecule has 1 aliphatic rings. The fourth-order valence-electron chi connectivity index (χ4n) is 3.82. The Bertz CT molecular complexity index is 1030. The molecule has 0 spiro atoms. The van der Waals surface area contributed by atoms with E-state index in [-0.39, 0.29) is 32.3 Å². The van der Waals surface area contributed by atoms with E-state index >= 15 is 0 Å². The minimum absolute atomic E-state index is 0.0596. The van der Waals surface area contributed by atoms with Gasteiger partial charge < -0.3 is 20.9 Å². The van der Waals surface area contributed by atoms with Gasteiger partial charge in [0.25, 0.3) is 0 Å². The third kappa shape index (κ3) is 7.26. The quantitative estimate of drug-likeness (QED) is 0.254. The first-order valence-electron chi connectivity index (χ1n) is 11.0. The monoisotopic (exact) mass is 476 g/mol. The van der Waals surface area contributed by atoms with Crippen LogP contribution >= 0.6 is 0 Å². The summed E-state index contributed by atoms with van der Waals surface area (Å²) in [5, 5.41) is 0. The van der Waals surface area contributed by atoms with Crippen molar-refractivity contribution in [2.45, 2.75) is 38.3 Å². The van der Waals surface area contributed by atoms with Gasteiger partial charge in [0.1, 0.15) is 5.75 Å². The maximum Gasteiger partial charge on any atom is 0.391 e. The minimum atomic E-state index is -4.21. The second-order valence-electron chi connectivity index (χ2n) is 8.29. The highest BCUT2D eigenvalue weighted by Crippen LogP contribution is 2.39. The SMILES string of the molecule is Nc1ccc(N)c(CCOC(=O)C=Cc2ccc(OC(=O)C3CCC(C(F)(F)F)CC3)cc2)c1. The lowest BCUT2D eigenvalue weighted by Crippen LogP contribution is -2.31. The van der Waals surface area contributed by atoms with E-state index in [2.05, 4.69) is 0 Å². The first-order chi connectivity index (χ1) is 16.1. The van der Waals surface area contributed by atoms with E-state index < -0.39 is 30.0 Å². The molecule has 2 aromatic carbocycles. The van der Waals surface area contributed by atoms with Gasteiger partial charge in [-0.15, -0.1) is 0 Å². The Morgan fingerprint density at radius 1 is 1.00 bits per heavy atom. The highest BCUT2D eigenvalue weighted by Gasteiger charge is 2.42. The number of carbonyl (C=O) groups excluding carboxylic acids is 2. The lowest BCUT2D eigenvalue weighted by Gasteiger charge is -2.28. The summed E-state index contributed by atoms with van der Waals surface area (Å²) in [6, 6.07) is 11.6. The Kier molecular flexibility index (Phi) is 8.20. The topological polar surface area (TPSA) is 105 Å². The van der Waals surface area contributed by atoms with Crippen LogP contribution in [0.2, 0.25) is 0 Å². The molecule has 0 aliphatic heterocycles. The Labute approximate surface area is 195 Å². The fourth-order valence-corrected chi connectivity index (χ4v) is 3.82. The highest BCUT2D eigenvalue weighted by atomic mass is 19.4. The van der Waals surface area contributed by atoms with Gasteiger partial charge in [0.05, 0.1) is 18.4 Å². The van der Waals surface area contributed by atoms with Crippen LogP contribution in [-0.4, -0.2) is 24.7 Å². The van der Waals surface area contributed by atoms with Gasteiger partial charge >= 0.3 is 18.1 Å². The minimum Gasteiger partial charge on any atom is -0.462 e. The van der Waals surface area contributed by atoms with Crippen molar-refractivity contribution in [3.05, 3.63) is 59.7 Å². The van der Waals surface area contributed by atoms with Crippen LogP contribution in [0.5, 0.6) is 5.75 Å². The number of halogens is 3. The molecule has 1 aliphatic carbocycles. The van der Waals surface area contributed by atoms with Crippen molar-refractivity contribution in [2.75, 3.05) is 18.1 Å². The fraction of sp³-hybridized carbons (Fsp3) is 0.360. The van der Waals surface area contributed by atoms with E-state index in [0.29, 0.717) is 29.1 Å². The number of hydrogen-bond donors (Lipinski definition) is 2. The van der Waals surface area contributed by atoms with Crippen LogP contribution < -0.4 is 16.2 Å². The first-order valence-corrected chi connectivity index (χ1v) is 11.0. The van der Waals surface area contributed by atoms with Gasteiger partial charge in [0.15, 0.2) is 0 Å².